The number of rotatable bonds is 3. The van der Waals surface area contributed by atoms with Crippen molar-refractivity contribution in [2.24, 2.45) is 5.73 Å². The van der Waals surface area contributed by atoms with Crippen LogP contribution in [-0.4, -0.2) is 0 Å². The molecule has 0 saturated heterocycles. The van der Waals surface area contributed by atoms with Gasteiger partial charge in [0.25, 0.3) is 0 Å². The molecule has 3 heteroatoms. The summed E-state index contributed by atoms with van der Waals surface area (Å²) in [7, 11) is 0. The summed E-state index contributed by atoms with van der Waals surface area (Å²) in [4.78, 5) is 0. The van der Waals surface area contributed by atoms with Crippen molar-refractivity contribution in [3.63, 3.8) is 0 Å². The summed E-state index contributed by atoms with van der Waals surface area (Å²) in [5, 5.41) is 0. The Labute approximate surface area is 110 Å². The van der Waals surface area contributed by atoms with E-state index in [-0.39, 0.29) is 0 Å². The number of ether oxygens (including phenoxy) is 1. The molecule has 0 amide bonds. The smallest absolute Gasteiger partial charge is 0.131 e. The van der Waals surface area contributed by atoms with Gasteiger partial charge in [0.05, 0.1) is 0 Å². The first-order chi connectivity index (χ1) is 8.19. The molecule has 0 atom stereocenters. The number of aryl methyl sites for hydroxylation is 1. The molecule has 0 heterocycles. The van der Waals surface area contributed by atoms with Crippen LogP contribution in [0.15, 0.2) is 46.9 Å². The molecule has 0 bridgehead atoms. The Kier molecular flexibility index (Phi) is 3.82. The second kappa shape index (κ2) is 5.34. The summed E-state index contributed by atoms with van der Waals surface area (Å²) in [6, 6.07) is 13.8. The summed E-state index contributed by atoms with van der Waals surface area (Å²) < 4.78 is 6.84. The highest BCUT2D eigenvalue weighted by atomic mass is 79.9. The molecule has 88 valence electrons. The maximum atomic E-state index is 5.84. The fourth-order valence-corrected chi connectivity index (χ4v) is 2.02. The van der Waals surface area contributed by atoms with E-state index < -0.39 is 0 Å². The van der Waals surface area contributed by atoms with Gasteiger partial charge in [-0.1, -0.05) is 28.1 Å². The minimum absolute atomic E-state index is 0.459. The zero-order valence-electron chi connectivity index (χ0n) is 9.61. The van der Waals surface area contributed by atoms with E-state index in [4.69, 9.17) is 10.5 Å². The summed E-state index contributed by atoms with van der Waals surface area (Å²) in [6.45, 7) is 2.50. The predicted molar refractivity (Wildman–Crippen MR) is 73.3 cm³/mol. The van der Waals surface area contributed by atoms with Crippen LogP contribution in [0.2, 0.25) is 0 Å². The Morgan fingerprint density at radius 3 is 2.71 bits per heavy atom. The normalized spacial score (nSPS) is 10.3. The molecule has 0 unspecified atom stereocenters. The van der Waals surface area contributed by atoms with Crippen LogP contribution in [0.4, 0.5) is 0 Å². The summed E-state index contributed by atoms with van der Waals surface area (Å²) >= 11 is 3.42. The zero-order chi connectivity index (χ0) is 12.3. The first-order valence-electron chi connectivity index (χ1n) is 5.42. The zero-order valence-corrected chi connectivity index (χ0v) is 11.2. The summed E-state index contributed by atoms with van der Waals surface area (Å²) in [5.41, 5.74) is 7.86. The third-order valence-electron chi connectivity index (χ3n) is 2.46. The fourth-order valence-electron chi connectivity index (χ4n) is 1.61. The van der Waals surface area contributed by atoms with E-state index in [1.807, 2.05) is 49.4 Å². The van der Waals surface area contributed by atoms with E-state index >= 15 is 0 Å². The van der Waals surface area contributed by atoms with Crippen LogP contribution in [0, 0.1) is 6.92 Å². The minimum atomic E-state index is 0.459. The highest BCUT2D eigenvalue weighted by molar-refractivity contribution is 9.10. The molecule has 2 rings (SSSR count). The molecule has 17 heavy (non-hydrogen) atoms. The first kappa shape index (κ1) is 12.1. The molecule has 0 aliphatic heterocycles. The summed E-state index contributed by atoms with van der Waals surface area (Å²) in [6.07, 6.45) is 0. The molecule has 0 saturated carbocycles. The van der Waals surface area contributed by atoms with Gasteiger partial charge in [-0.25, -0.2) is 0 Å². The SMILES string of the molecule is Cc1cccc(Oc2ccc(Br)cc2CN)c1. The predicted octanol–water partition coefficient (Wildman–Crippen LogP) is 4.01. The van der Waals surface area contributed by atoms with Gasteiger partial charge < -0.3 is 10.5 Å². The van der Waals surface area contributed by atoms with Gasteiger partial charge in [0.1, 0.15) is 11.5 Å². The van der Waals surface area contributed by atoms with Gasteiger partial charge in [-0.05, 0) is 42.8 Å². The second-order valence-corrected chi connectivity index (χ2v) is 4.79. The third kappa shape index (κ3) is 3.08. The molecule has 0 aliphatic carbocycles. The van der Waals surface area contributed by atoms with Crippen molar-refractivity contribution in [2.75, 3.05) is 0 Å². The Morgan fingerprint density at radius 1 is 1.18 bits per heavy atom. The van der Waals surface area contributed by atoms with Gasteiger partial charge in [0.15, 0.2) is 0 Å². The van der Waals surface area contributed by atoms with E-state index in [0.29, 0.717) is 6.54 Å². The van der Waals surface area contributed by atoms with Gasteiger partial charge >= 0.3 is 0 Å². The highest BCUT2D eigenvalue weighted by Crippen LogP contribution is 2.28. The van der Waals surface area contributed by atoms with Crippen LogP contribution in [0.1, 0.15) is 11.1 Å². The van der Waals surface area contributed by atoms with Crippen LogP contribution in [-0.2, 0) is 6.54 Å². The van der Waals surface area contributed by atoms with E-state index in [9.17, 15) is 0 Å². The quantitative estimate of drug-likeness (QED) is 0.927. The van der Waals surface area contributed by atoms with Crippen LogP contribution in [0.25, 0.3) is 0 Å². The number of hydrogen-bond acceptors (Lipinski definition) is 2. The van der Waals surface area contributed by atoms with Gasteiger partial charge in [-0.3, -0.25) is 0 Å². The number of halogens is 1. The lowest BCUT2D eigenvalue weighted by Crippen LogP contribution is -1.99. The number of nitrogens with two attached hydrogens (primary N) is 1. The van der Waals surface area contributed by atoms with Crippen LogP contribution in [0.5, 0.6) is 11.5 Å². The standard InChI is InChI=1S/C14H14BrNO/c1-10-3-2-4-13(7-10)17-14-6-5-12(15)8-11(14)9-16/h2-8H,9,16H2,1H3. The van der Waals surface area contributed by atoms with Crippen molar-refractivity contribution in [3.8, 4) is 11.5 Å². The van der Waals surface area contributed by atoms with Gasteiger partial charge in [-0.2, -0.15) is 0 Å². The Bertz CT molecular complexity index is 525. The molecular weight excluding hydrogens is 278 g/mol. The van der Waals surface area contributed by atoms with Gasteiger partial charge in [0.2, 0.25) is 0 Å². The van der Waals surface area contributed by atoms with E-state index in [1.54, 1.807) is 0 Å². The maximum absolute atomic E-state index is 5.84. The Hall–Kier alpha value is -1.32. The topological polar surface area (TPSA) is 35.2 Å². The lowest BCUT2D eigenvalue weighted by atomic mass is 10.2. The number of hydrogen-bond donors (Lipinski definition) is 1. The Balaban J connectivity index is 2.29. The maximum Gasteiger partial charge on any atom is 0.131 e. The van der Waals surface area contributed by atoms with Crippen LogP contribution < -0.4 is 10.5 Å². The van der Waals surface area contributed by atoms with Crippen molar-refractivity contribution in [1.82, 2.24) is 0 Å². The van der Waals surface area contributed by atoms with Crippen molar-refractivity contribution in [1.29, 1.82) is 0 Å². The third-order valence-corrected chi connectivity index (χ3v) is 2.95. The van der Waals surface area contributed by atoms with Crippen molar-refractivity contribution >= 4 is 15.9 Å². The van der Waals surface area contributed by atoms with E-state index in [1.165, 1.54) is 5.56 Å². The van der Waals surface area contributed by atoms with Gasteiger partial charge in [0, 0.05) is 16.6 Å². The Morgan fingerprint density at radius 2 is 2.00 bits per heavy atom. The molecular formula is C14H14BrNO. The molecule has 2 aromatic carbocycles. The summed E-state index contributed by atoms with van der Waals surface area (Å²) in [5.74, 6) is 1.64. The second-order valence-electron chi connectivity index (χ2n) is 3.87. The fraction of sp³-hybridized carbons (Fsp3) is 0.143. The highest BCUT2D eigenvalue weighted by Gasteiger charge is 2.04. The molecule has 0 spiro atoms. The van der Waals surface area contributed by atoms with Crippen molar-refractivity contribution < 1.29 is 4.74 Å². The lowest BCUT2D eigenvalue weighted by Gasteiger charge is -2.10. The molecule has 2 N–H and O–H groups in total. The average Bonchev–Trinajstić information content (AvgIpc) is 2.31. The first-order valence-corrected chi connectivity index (χ1v) is 6.21. The molecule has 2 aromatic rings. The molecule has 2 nitrogen and oxygen atoms in total. The van der Waals surface area contributed by atoms with Crippen LogP contribution >= 0.6 is 15.9 Å². The molecule has 0 aliphatic rings. The van der Waals surface area contributed by atoms with Crippen molar-refractivity contribution in [3.05, 3.63) is 58.1 Å². The van der Waals surface area contributed by atoms with Crippen LogP contribution in [0.3, 0.4) is 0 Å². The van der Waals surface area contributed by atoms with E-state index in [2.05, 4.69) is 15.9 Å². The molecule has 0 aromatic heterocycles. The lowest BCUT2D eigenvalue weighted by molar-refractivity contribution is 0.476. The molecule has 0 radical (unpaired) electrons. The number of benzene rings is 2. The average molecular weight is 292 g/mol. The van der Waals surface area contributed by atoms with Crippen molar-refractivity contribution in [2.45, 2.75) is 13.5 Å². The molecule has 0 fully saturated rings. The van der Waals surface area contributed by atoms with Gasteiger partial charge in [-0.15, -0.1) is 0 Å². The monoisotopic (exact) mass is 291 g/mol. The minimum Gasteiger partial charge on any atom is -0.457 e. The van der Waals surface area contributed by atoms with E-state index in [0.717, 1.165) is 21.5 Å². The largest absolute Gasteiger partial charge is 0.457 e.